The molecule has 0 bridgehead atoms. The highest BCUT2D eigenvalue weighted by atomic mass is 19.1. The minimum atomic E-state index is -0.902. The van der Waals surface area contributed by atoms with E-state index in [1.54, 1.807) is 7.05 Å². The molecule has 0 spiro atoms. The smallest absolute Gasteiger partial charge is 0.303 e. The number of aromatic nitrogens is 1. The number of aliphatic carboxylic acids is 1. The van der Waals surface area contributed by atoms with E-state index in [-0.39, 0.29) is 42.4 Å². The van der Waals surface area contributed by atoms with Gasteiger partial charge in [-0.05, 0) is 18.6 Å². The largest absolute Gasteiger partial charge is 0.481 e. The molecule has 0 radical (unpaired) electrons. The first-order valence-electron chi connectivity index (χ1n) is 7.72. The standard InChI is InChI=1S/C17H18F2N2O4/c1-21(8-2-3-17(23)24)16(22)7-6-15-20-10-14(25-15)12-5-4-11(18)9-13(12)19/h4-5,9-10H,2-3,6-8H2,1H3,(H,23,24). The van der Waals surface area contributed by atoms with Gasteiger partial charge in [0.1, 0.15) is 11.6 Å². The fourth-order valence-corrected chi connectivity index (χ4v) is 2.24. The van der Waals surface area contributed by atoms with E-state index in [1.807, 2.05) is 0 Å². The molecule has 1 heterocycles. The second-order valence-electron chi connectivity index (χ2n) is 5.56. The summed E-state index contributed by atoms with van der Waals surface area (Å²) in [4.78, 5) is 27.9. The van der Waals surface area contributed by atoms with E-state index in [9.17, 15) is 18.4 Å². The van der Waals surface area contributed by atoms with Gasteiger partial charge in [-0.3, -0.25) is 9.59 Å². The molecule has 0 aliphatic heterocycles. The number of hydrogen-bond donors (Lipinski definition) is 1. The molecule has 0 aliphatic carbocycles. The van der Waals surface area contributed by atoms with Crippen molar-refractivity contribution in [3.05, 3.63) is 41.9 Å². The Morgan fingerprint density at radius 1 is 1.28 bits per heavy atom. The highest BCUT2D eigenvalue weighted by molar-refractivity contribution is 5.76. The maximum absolute atomic E-state index is 13.7. The number of halogens is 2. The van der Waals surface area contributed by atoms with Crippen LogP contribution in [-0.2, 0) is 16.0 Å². The summed E-state index contributed by atoms with van der Waals surface area (Å²) in [6.07, 6.45) is 2.07. The van der Waals surface area contributed by atoms with Gasteiger partial charge in [0.05, 0.1) is 11.8 Å². The molecule has 6 nitrogen and oxygen atoms in total. The Morgan fingerprint density at radius 2 is 2.04 bits per heavy atom. The number of carboxylic acids is 1. The molecule has 1 amide bonds. The number of nitrogens with zero attached hydrogens (tertiary/aromatic N) is 2. The monoisotopic (exact) mass is 352 g/mol. The van der Waals surface area contributed by atoms with Crippen molar-refractivity contribution in [1.29, 1.82) is 0 Å². The Hall–Kier alpha value is -2.77. The van der Waals surface area contributed by atoms with Gasteiger partial charge < -0.3 is 14.4 Å². The van der Waals surface area contributed by atoms with Gasteiger partial charge in [0, 0.05) is 38.9 Å². The number of rotatable bonds is 8. The lowest BCUT2D eigenvalue weighted by molar-refractivity contribution is -0.138. The zero-order valence-corrected chi connectivity index (χ0v) is 13.7. The average Bonchev–Trinajstić information content (AvgIpc) is 3.00. The number of oxazole rings is 1. The molecule has 1 aromatic carbocycles. The fourth-order valence-electron chi connectivity index (χ4n) is 2.24. The van der Waals surface area contributed by atoms with Gasteiger partial charge in [-0.2, -0.15) is 0 Å². The van der Waals surface area contributed by atoms with Crippen LogP contribution in [0.25, 0.3) is 11.3 Å². The van der Waals surface area contributed by atoms with Crippen molar-refractivity contribution in [1.82, 2.24) is 9.88 Å². The molecule has 0 saturated carbocycles. The zero-order valence-electron chi connectivity index (χ0n) is 13.7. The van der Waals surface area contributed by atoms with E-state index in [0.29, 0.717) is 13.0 Å². The quantitative estimate of drug-likeness (QED) is 0.790. The molecule has 2 aromatic rings. The number of hydrogen-bond acceptors (Lipinski definition) is 4. The second kappa shape index (κ2) is 8.36. The molecule has 0 atom stereocenters. The predicted octanol–water partition coefficient (Wildman–Crippen LogP) is 2.88. The van der Waals surface area contributed by atoms with Crippen LogP contribution in [0.4, 0.5) is 8.78 Å². The number of amides is 1. The molecule has 8 heteroatoms. The molecule has 134 valence electrons. The van der Waals surface area contributed by atoms with Crippen molar-refractivity contribution in [3.63, 3.8) is 0 Å². The summed E-state index contributed by atoms with van der Waals surface area (Å²) in [5.74, 6) is -2.07. The van der Waals surface area contributed by atoms with E-state index in [4.69, 9.17) is 9.52 Å². The Morgan fingerprint density at radius 3 is 2.72 bits per heavy atom. The van der Waals surface area contributed by atoms with Gasteiger partial charge in [-0.25, -0.2) is 13.8 Å². The van der Waals surface area contributed by atoms with E-state index in [0.717, 1.165) is 12.1 Å². The Bertz CT molecular complexity index is 761. The van der Waals surface area contributed by atoms with Crippen molar-refractivity contribution in [2.75, 3.05) is 13.6 Å². The first-order chi connectivity index (χ1) is 11.9. The van der Waals surface area contributed by atoms with Crippen molar-refractivity contribution >= 4 is 11.9 Å². The summed E-state index contributed by atoms with van der Waals surface area (Å²) in [6.45, 7) is 0.350. The minimum absolute atomic E-state index is 0.00392. The molecule has 0 unspecified atom stereocenters. The van der Waals surface area contributed by atoms with Crippen LogP contribution in [0.15, 0.2) is 28.8 Å². The van der Waals surface area contributed by atoms with Crippen LogP contribution in [0, 0.1) is 11.6 Å². The van der Waals surface area contributed by atoms with Crippen LogP contribution in [0.5, 0.6) is 0 Å². The van der Waals surface area contributed by atoms with Crippen molar-refractivity contribution < 1.29 is 27.9 Å². The van der Waals surface area contributed by atoms with Gasteiger partial charge in [0.25, 0.3) is 0 Å². The van der Waals surface area contributed by atoms with Gasteiger partial charge in [-0.15, -0.1) is 0 Å². The molecule has 0 aliphatic rings. The first kappa shape index (κ1) is 18.6. The lowest BCUT2D eigenvalue weighted by atomic mass is 10.2. The van der Waals surface area contributed by atoms with Crippen LogP contribution in [0.2, 0.25) is 0 Å². The van der Waals surface area contributed by atoms with Gasteiger partial charge in [-0.1, -0.05) is 0 Å². The van der Waals surface area contributed by atoms with Crippen LogP contribution >= 0.6 is 0 Å². The Kier molecular flexibility index (Phi) is 6.21. The Labute approximate surface area is 143 Å². The molecule has 0 fully saturated rings. The van der Waals surface area contributed by atoms with E-state index in [1.165, 1.54) is 17.2 Å². The first-order valence-corrected chi connectivity index (χ1v) is 7.72. The summed E-state index contributed by atoms with van der Waals surface area (Å²) in [7, 11) is 1.60. The summed E-state index contributed by atoms with van der Waals surface area (Å²) in [5, 5.41) is 8.58. The molecule has 1 aromatic heterocycles. The van der Waals surface area contributed by atoms with Gasteiger partial charge in [0.15, 0.2) is 11.7 Å². The van der Waals surface area contributed by atoms with Crippen LogP contribution in [0.3, 0.4) is 0 Å². The third-order valence-corrected chi connectivity index (χ3v) is 3.61. The lowest BCUT2D eigenvalue weighted by Gasteiger charge is -2.15. The second-order valence-corrected chi connectivity index (χ2v) is 5.56. The fraction of sp³-hybridized carbons (Fsp3) is 0.353. The third kappa shape index (κ3) is 5.37. The number of benzene rings is 1. The molecule has 0 saturated heterocycles. The number of carbonyl (C=O) groups is 2. The molecular formula is C17H18F2N2O4. The van der Waals surface area contributed by atoms with Crippen LogP contribution < -0.4 is 0 Å². The van der Waals surface area contributed by atoms with E-state index < -0.39 is 17.6 Å². The SMILES string of the molecule is CN(CCCC(=O)O)C(=O)CCc1ncc(-c2ccc(F)cc2F)o1. The zero-order chi connectivity index (χ0) is 18.4. The number of carbonyl (C=O) groups excluding carboxylic acids is 1. The van der Waals surface area contributed by atoms with Crippen LogP contribution in [-0.4, -0.2) is 40.5 Å². The van der Waals surface area contributed by atoms with Crippen molar-refractivity contribution in [3.8, 4) is 11.3 Å². The normalized spacial score (nSPS) is 10.7. The lowest BCUT2D eigenvalue weighted by Crippen LogP contribution is -2.28. The maximum atomic E-state index is 13.7. The number of carboxylic acid groups (broad SMARTS) is 1. The van der Waals surface area contributed by atoms with E-state index >= 15 is 0 Å². The highest BCUT2D eigenvalue weighted by Crippen LogP contribution is 2.24. The highest BCUT2D eigenvalue weighted by Gasteiger charge is 2.14. The third-order valence-electron chi connectivity index (χ3n) is 3.61. The summed E-state index contributed by atoms with van der Waals surface area (Å²) >= 11 is 0. The van der Waals surface area contributed by atoms with Crippen molar-refractivity contribution in [2.45, 2.75) is 25.7 Å². The van der Waals surface area contributed by atoms with Gasteiger partial charge in [0.2, 0.25) is 5.91 Å². The summed E-state index contributed by atoms with van der Waals surface area (Å²) in [6, 6.07) is 3.14. The minimum Gasteiger partial charge on any atom is -0.481 e. The molecular weight excluding hydrogens is 334 g/mol. The average molecular weight is 352 g/mol. The Balaban J connectivity index is 1.88. The molecule has 25 heavy (non-hydrogen) atoms. The summed E-state index contributed by atoms with van der Waals surface area (Å²) in [5.41, 5.74) is 0.0947. The van der Waals surface area contributed by atoms with Crippen LogP contribution in [0.1, 0.15) is 25.2 Å². The van der Waals surface area contributed by atoms with Gasteiger partial charge >= 0.3 is 5.97 Å². The van der Waals surface area contributed by atoms with E-state index in [2.05, 4.69) is 4.98 Å². The topological polar surface area (TPSA) is 83.6 Å². The maximum Gasteiger partial charge on any atom is 0.303 e. The number of aryl methyl sites for hydroxylation is 1. The summed E-state index contributed by atoms with van der Waals surface area (Å²) < 4.78 is 32.0. The molecule has 2 rings (SSSR count). The predicted molar refractivity (Wildman–Crippen MR) is 84.7 cm³/mol. The molecule has 1 N–H and O–H groups in total. The van der Waals surface area contributed by atoms with Crippen molar-refractivity contribution in [2.24, 2.45) is 0 Å².